The summed E-state index contributed by atoms with van der Waals surface area (Å²) in [5, 5.41) is 9.53. The lowest BCUT2D eigenvalue weighted by molar-refractivity contribution is -0.120. The second kappa shape index (κ2) is 7.57. The first-order valence-corrected chi connectivity index (χ1v) is 9.03. The summed E-state index contributed by atoms with van der Waals surface area (Å²) in [6, 6.07) is 11.3. The van der Waals surface area contributed by atoms with E-state index < -0.39 is 5.91 Å². The Morgan fingerprint density at radius 2 is 2.04 bits per heavy atom. The van der Waals surface area contributed by atoms with Gasteiger partial charge in [-0.2, -0.15) is 5.10 Å². The Balaban J connectivity index is 1.56. The van der Waals surface area contributed by atoms with Crippen LogP contribution in [0.2, 0.25) is 5.02 Å². The zero-order valence-corrected chi connectivity index (χ0v) is 14.7. The molecule has 0 fully saturated rings. The first-order valence-electron chi connectivity index (χ1n) is 6.96. The maximum absolute atomic E-state index is 12.2. The number of hydrazone groups is 1. The summed E-state index contributed by atoms with van der Waals surface area (Å²) in [6.45, 7) is -0.175. The highest BCUT2D eigenvalue weighted by Gasteiger charge is 2.17. The molecular weight excluding hydrogens is 366 g/mol. The van der Waals surface area contributed by atoms with Crippen LogP contribution in [0.1, 0.15) is 14.5 Å². The molecule has 2 N–H and O–H groups in total. The molecule has 2 heterocycles. The van der Waals surface area contributed by atoms with E-state index in [9.17, 15) is 9.59 Å². The first-order chi connectivity index (χ1) is 11.6. The minimum absolute atomic E-state index is 0.175. The Hall–Kier alpha value is -2.22. The van der Waals surface area contributed by atoms with Crippen molar-refractivity contribution in [2.75, 3.05) is 6.54 Å². The highest BCUT2D eigenvalue weighted by molar-refractivity contribution is 7.21. The molecular formula is C16H12ClN3O2S2. The van der Waals surface area contributed by atoms with Crippen molar-refractivity contribution >= 4 is 62.4 Å². The van der Waals surface area contributed by atoms with Gasteiger partial charge in [0.25, 0.3) is 11.8 Å². The molecule has 0 aliphatic rings. The van der Waals surface area contributed by atoms with Crippen molar-refractivity contribution in [1.29, 1.82) is 0 Å². The molecule has 0 aliphatic carbocycles. The van der Waals surface area contributed by atoms with Crippen LogP contribution < -0.4 is 10.7 Å². The van der Waals surface area contributed by atoms with E-state index in [1.165, 1.54) is 22.7 Å². The van der Waals surface area contributed by atoms with Gasteiger partial charge >= 0.3 is 0 Å². The third-order valence-corrected chi connectivity index (χ3v) is 5.56. The van der Waals surface area contributed by atoms with Gasteiger partial charge in [0.2, 0.25) is 0 Å². The Labute approximate surface area is 151 Å². The monoisotopic (exact) mass is 377 g/mol. The van der Waals surface area contributed by atoms with Crippen LogP contribution in [0, 0.1) is 0 Å². The second-order valence-corrected chi connectivity index (χ2v) is 7.14. The van der Waals surface area contributed by atoms with E-state index in [-0.39, 0.29) is 12.5 Å². The van der Waals surface area contributed by atoms with Crippen LogP contribution in [0.5, 0.6) is 0 Å². The molecule has 0 aliphatic heterocycles. The summed E-state index contributed by atoms with van der Waals surface area (Å²) in [5.41, 5.74) is 2.36. The third kappa shape index (κ3) is 3.81. The van der Waals surface area contributed by atoms with E-state index in [0.29, 0.717) is 9.90 Å². The lowest BCUT2D eigenvalue weighted by atomic mass is 10.2. The molecule has 5 nitrogen and oxygen atoms in total. The third-order valence-electron chi connectivity index (χ3n) is 3.07. The summed E-state index contributed by atoms with van der Waals surface area (Å²) in [6.07, 6.45) is 1.55. The number of rotatable bonds is 5. The molecule has 24 heavy (non-hydrogen) atoms. The minimum Gasteiger partial charge on any atom is -0.342 e. The molecule has 8 heteroatoms. The number of thiophene rings is 2. The Morgan fingerprint density at radius 3 is 2.79 bits per heavy atom. The zero-order valence-electron chi connectivity index (χ0n) is 12.3. The first kappa shape index (κ1) is 16.6. The van der Waals surface area contributed by atoms with Crippen LogP contribution in [0.3, 0.4) is 0 Å². The normalized spacial score (nSPS) is 11.0. The van der Waals surface area contributed by atoms with Crippen LogP contribution in [0.25, 0.3) is 10.1 Å². The number of hydrogen-bond acceptors (Lipinski definition) is 5. The summed E-state index contributed by atoms with van der Waals surface area (Å²) >= 11 is 9.04. The Kier molecular flexibility index (Phi) is 5.24. The molecule has 3 rings (SSSR count). The van der Waals surface area contributed by atoms with Gasteiger partial charge in [-0.25, -0.2) is 5.43 Å². The molecule has 0 saturated heterocycles. The molecule has 0 unspecified atom stereocenters. The number of carbonyl (C=O) groups is 2. The minimum atomic E-state index is -0.409. The molecule has 0 radical (unpaired) electrons. The molecule has 122 valence electrons. The highest BCUT2D eigenvalue weighted by Crippen LogP contribution is 2.34. The smallest absolute Gasteiger partial charge is 0.263 e. The average molecular weight is 378 g/mol. The number of benzene rings is 1. The number of fused-ring (bicyclic) bond motifs is 1. The molecule has 0 atom stereocenters. The lowest BCUT2D eigenvalue weighted by Gasteiger charge is -2.02. The zero-order chi connectivity index (χ0) is 16.9. The van der Waals surface area contributed by atoms with Crippen LogP contribution in [-0.2, 0) is 4.79 Å². The van der Waals surface area contributed by atoms with Crippen LogP contribution in [-0.4, -0.2) is 24.6 Å². The molecule has 3 aromatic rings. The number of hydrogen-bond donors (Lipinski definition) is 2. The van der Waals surface area contributed by atoms with Crippen molar-refractivity contribution in [3.05, 3.63) is 56.6 Å². The van der Waals surface area contributed by atoms with Gasteiger partial charge in [-0.15, -0.1) is 22.7 Å². The van der Waals surface area contributed by atoms with E-state index >= 15 is 0 Å². The fourth-order valence-electron chi connectivity index (χ4n) is 1.97. The average Bonchev–Trinajstić information content (AvgIpc) is 3.21. The van der Waals surface area contributed by atoms with E-state index in [1.54, 1.807) is 6.21 Å². The fraction of sp³-hybridized carbons (Fsp3) is 0.0625. The molecule has 2 aromatic heterocycles. The van der Waals surface area contributed by atoms with Gasteiger partial charge < -0.3 is 5.32 Å². The SMILES string of the molecule is O=C(CNC(=O)c1sc2ccccc2c1Cl)N/N=C/c1cccs1. The molecule has 0 spiro atoms. The predicted molar refractivity (Wildman–Crippen MR) is 99.2 cm³/mol. The molecule has 1 aromatic carbocycles. The number of nitrogens with one attached hydrogen (secondary N) is 2. The molecule has 0 bridgehead atoms. The van der Waals surface area contributed by atoms with E-state index in [1.807, 2.05) is 41.8 Å². The van der Waals surface area contributed by atoms with Gasteiger partial charge in [-0.05, 0) is 17.5 Å². The number of halogens is 1. The molecule has 0 saturated carbocycles. The van der Waals surface area contributed by atoms with Crippen molar-refractivity contribution in [2.24, 2.45) is 5.10 Å². The highest BCUT2D eigenvalue weighted by atomic mass is 35.5. The van der Waals surface area contributed by atoms with Gasteiger partial charge in [-0.3, -0.25) is 9.59 Å². The van der Waals surface area contributed by atoms with Gasteiger partial charge in [0.05, 0.1) is 17.8 Å². The summed E-state index contributed by atoms with van der Waals surface area (Å²) in [4.78, 5) is 25.2. The molecule has 2 amide bonds. The van der Waals surface area contributed by atoms with Crippen molar-refractivity contribution < 1.29 is 9.59 Å². The number of nitrogens with zero attached hydrogens (tertiary/aromatic N) is 1. The van der Waals surface area contributed by atoms with Gasteiger partial charge in [0, 0.05) is 15.0 Å². The van der Waals surface area contributed by atoms with E-state index in [4.69, 9.17) is 11.6 Å². The number of carbonyl (C=O) groups excluding carboxylic acids is 2. The van der Waals surface area contributed by atoms with E-state index in [2.05, 4.69) is 15.8 Å². The van der Waals surface area contributed by atoms with Crippen molar-refractivity contribution in [3.63, 3.8) is 0 Å². The van der Waals surface area contributed by atoms with Crippen LogP contribution in [0.15, 0.2) is 46.9 Å². The van der Waals surface area contributed by atoms with Gasteiger partial charge in [0.15, 0.2) is 0 Å². The largest absolute Gasteiger partial charge is 0.342 e. The lowest BCUT2D eigenvalue weighted by Crippen LogP contribution is -2.34. The Bertz CT molecular complexity index is 903. The quantitative estimate of drug-likeness (QED) is 0.527. The summed E-state index contributed by atoms with van der Waals surface area (Å²) < 4.78 is 0.928. The van der Waals surface area contributed by atoms with Crippen molar-refractivity contribution in [3.8, 4) is 0 Å². The standard InChI is InChI=1S/C16H12ClN3O2S2/c17-14-11-5-1-2-6-12(11)24-15(14)16(22)18-9-13(21)20-19-8-10-4-3-7-23-10/h1-8H,9H2,(H,18,22)(H,20,21)/b19-8+. The van der Waals surface area contributed by atoms with Crippen LogP contribution >= 0.6 is 34.3 Å². The fourth-order valence-corrected chi connectivity index (χ4v) is 3.99. The second-order valence-electron chi connectivity index (χ2n) is 4.73. The topological polar surface area (TPSA) is 70.6 Å². The maximum atomic E-state index is 12.2. The summed E-state index contributed by atoms with van der Waals surface area (Å²) in [7, 11) is 0. The van der Waals surface area contributed by atoms with Gasteiger partial charge in [0.1, 0.15) is 4.88 Å². The predicted octanol–water partition coefficient (Wildman–Crippen LogP) is 3.50. The van der Waals surface area contributed by atoms with Crippen molar-refractivity contribution in [1.82, 2.24) is 10.7 Å². The Morgan fingerprint density at radius 1 is 1.21 bits per heavy atom. The summed E-state index contributed by atoms with van der Waals surface area (Å²) in [5.74, 6) is -0.785. The van der Waals surface area contributed by atoms with Gasteiger partial charge in [-0.1, -0.05) is 35.9 Å². The van der Waals surface area contributed by atoms with E-state index in [0.717, 1.165) is 15.0 Å². The van der Waals surface area contributed by atoms with Crippen molar-refractivity contribution in [2.45, 2.75) is 0 Å². The van der Waals surface area contributed by atoms with Crippen LogP contribution in [0.4, 0.5) is 0 Å². The number of amides is 2. The maximum Gasteiger partial charge on any atom is 0.263 e.